The standard InChI is InChI=1S/C19H29N3/c1-6-7-9-12-19(4,5)17-14-16(15(2)3)21-18(22-17)11-8-10-13-20/h8,10,14-15H,6-7,9,11-12H2,1-5H3. The molecule has 22 heavy (non-hydrogen) atoms. The number of allylic oxidation sites excluding steroid dienone is 2. The van der Waals surface area contributed by atoms with Crippen LogP contribution in [0.25, 0.3) is 0 Å². The van der Waals surface area contributed by atoms with Gasteiger partial charge in [-0.25, -0.2) is 9.97 Å². The van der Waals surface area contributed by atoms with E-state index in [1.165, 1.54) is 25.3 Å². The first-order valence-electron chi connectivity index (χ1n) is 8.33. The summed E-state index contributed by atoms with van der Waals surface area (Å²) < 4.78 is 0. The molecule has 0 aliphatic rings. The summed E-state index contributed by atoms with van der Waals surface area (Å²) in [6, 6.07) is 4.18. The first kappa shape index (κ1) is 18.4. The van der Waals surface area contributed by atoms with E-state index in [1.807, 2.05) is 12.1 Å². The predicted molar refractivity (Wildman–Crippen MR) is 91.7 cm³/mol. The minimum absolute atomic E-state index is 0.0649. The summed E-state index contributed by atoms with van der Waals surface area (Å²) in [5.74, 6) is 1.20. The Bertz CT molecular complexity index is 536. The van der Waals surface area contributed by atoms with Crippen LogP contribution >= 0.6 is 0 Å². The molecule has 0 saturated carbocycles. The summed E-state index contributed by atoms with van der Waals surface area (Å²) in [6.07, 6.45) is 8.82. The Hall–Kier alpha value is -1.69. The third-order valence-electron chi connectivity index (χ3n) is 3.98. The summed E-state index contributed by atoms with van der Waals surface area (Å²) in [5.41, 5.74) is 2.28. The maximum Gasteiger partial charge on any atom is 0.132 e. The summed E-state index contributed by atoms with van der Waals surface area (Å²) >= 11 is 0. The second-order valence-electron chi connectivity index (χ2n) is 6.83. The van der Waals surface area contributed by atoms with Gasteiger partial charge >= 0.3 is 0 Å². The van der Waals surface area contributed by atoms with Gasteiger partial charge in [-0.05, 0) is 18.4 Å². The summed E-state index contributed by atoms with van der Waals surface area (Å²) in [4.78, 5) is 9.41. The van der Waals surface area contributed by atoms with Gasteiger partial charge in [0.15, 0.2) is 0 Å². The first-order chi connectivity index (χ1) is 10.4. The average molecular weight is 299 g/mol. The fraction of sp³-hybridized carbons (Fsp3) is 0.632. The van der Waals surface area contributed by atoms with E-state index in [9.17, 15) is 0 Å². The number of aromatic nitrogens is 2. The summed E-state index contributed by atoms with van der Waals surface area (Å²) in [6.45, 7) is 11.1. The highest BCUT2D eigenvalue weighted by Crippen LogP contribution is 2.29. The molecule has 1 heterocycles. The Labute approximate surface area is 135 Å². The van der Waals surface area contributed by atoms with Gasteiger partial charge < -0.3 is 0 Å². The molecule has 0 saturated heterocycles. The van der Waals surface area contributed by atoms with Crippen molar-refractivity contribution in [3.05, 3.63) is 35.4 Å². The van der Waals surface area contributed by atoms with Crippen molar-refractivity contribution in [2.75, 3.05) is 0 Å². The van der Waals surface area contributed by atoms with Crippen LogP contribution in [0.2, 0.25) is 0 Å². The lowest BCUT2D eigenvalue weighted by atomic mass is 9.82. The predicted octanol–water partition coefficient (Wildman–Crippen LogP) is 5.08. The zero-order chi connectivity index (χ0) is 16.6. The molecule has 0 N–H and O–H groups in total. The van der Waals surface area contributed by atoms with Crippen LogP contribution in [0, 0.1) is 11.3 Å². The lowest BCUT2D eigenvalue weighted by Crippen LogP contribution is -2.21. The smallest absolute Gasteiger partial charge is 0.132 e. The molecule has 0 aliphatic heterocycles. The van der Waals surface area contributed by atoms with Gasteiger partial charge in [0.05, 0.1) is 6.07 Å². The van der Waals surface area contributed by atoms with Crippen molar-refractivity contribution in [3.8, 4) is 6.07 Å². The van der Waals surface area contributed by atoms with Gasteiger partial charge in [0.2, 0.25) is 0 Å². The fourth-order valence-electron chi connectivity index (χ4n) is 2.41. The monoisotopic (exact) mass is 299 g/mol. The molecule has 0 bridgehead atoms. The number of hydrogen-bond donors (Lipinski definition) is 0. The van der Waals surface area contributed by atoms with Crippen LogP contribution in [0.4, 0.5) is 0 Å². The van der Waals surface area contributed by atoms with Crippen LogP contribution in [-0.2, 0) is 11.8 Å². The van der Waals surface area contributed by atoms with Crippen LogP contribution in [-0.4, -0.2) is 9.97 Å². The Balaban J connectivity index is 3.06. The SMILES string of the molecule is CCCCCC(C)(C)c1cc(C(C)C)nc(CC=CC#N)n1. The van der Waals surface area contributed by atoms with Crippen molar-refractivity contribution >= 4 is 0 Å². The van der Waals surface area contributed by atoms with Crippen molar-refractivity contribution in [3.63, 3.8) is 0 Å². The van der Waals surface area contributed by atoms with Crippen LogP contribution in [0.15, 0.2) is 18.2 Å². The molecule has 0 aliphatic carbocycles. The highest BCUT2D eigenvalue weighted by molar-refractivity contribution is 5.22. The van der Waals surface area contributed by atoms with E-state index in [0.29, 0.717) is 12.3 Å². The van der Waals surface area contributed by atoms with E-state index in [-0.39, 0.29) is 5.41 Å². The van der Waals surface area contributed by atoms with E-state index >= 15 is 0 Å². The van der Waals surface area contributed by atoms with Gasteiger partial charge in [0.25, 0.3) is 0 Å². The molecular formula is C19H29N3. The number of rotatable bonds is 8. The highest BCUT2D eigenvalue weighted by atomic mass is 14.9. The molecular weight excluding hydrogens is 270 g/mol. The zero-order valence-corrected chi connectivity index (χ0v) is 14.7. The molecule has 0 amide bonds. The maximum atomic E-state index is 8.61. The molecule has 0 atom stereocenters. The van der Waals surface area contributed by atoms with Crippen LogP contribution < -0.4 is 0 Å². The van der Waals surface area contributed by atoms with E-state index < -0.39 is 0 Å². The minimum atomic E-state index is 0.0649. The highest BCUT2D eigenvalue weighted by Gasteiger charge is 2.23. The molecule has 120 valence electrons. The normalized spacial score (nSPS) is 12.0. The topological polar surface area (TPSA) is 49.6 Å². The Morgan fingerprint density at radius 2 is 2.00 bits per heavy atom. The second kappa shape index (κ2) is 8.68. The molecule has 0 fully saturated rings. The van der Waals surface area contributed by atoms with Crippen molar-refractivity contribution in [1.82, 2.24) is 9.97 Å². The largest absolute Gasteiger partial charge is 0.237 e. The molecule has 0 aromatic carbocycles. The van der Waals surface area contributed by atoms with E-state index in [4.69, 9.17) is 10.2 Å². The number of nitrogens with zero attached hydrogens (tertiary/aromatic N) is 3. The maximum absolute atomic E-state index is 8.61. The molecule has 3 nitrogen and oxygen atoms in total. The lowest BCUT2D eigenvalue weighted by molar-refractivity contribution is 0.435. The van der Waals surface area contributed by atoms with Crippen molar-refractivity contribution in [1.29, 1.82) is 5.26 Å². The quantitative estimate of drug-likeness (QED) is 0.497. The van der Waals surface area contributed by atoms with E-state index in [1.54, 1.807) is 0 Å². The van der Waals surface area contributed by atoms with Gasteiger partial charge in [-0.15, -0.1) is 0 Å². The third kappa shape index (κ3) is 5.60. The van der Waals surface area contributed by atoms with E-state index in [0.717, 1.165) is 23.6 Å². The fourth-order valence-corrected chi connectivity index (χ4v) is 2.41. The Morgan fingerprint density at radius 1 is 1.27 bits per heavy atom. The average Bonchev–Trinajstić information content (AvgIpc) is 2.47. The molecule has 1 aromatic heterocycles. The first-order valence-corrected chi connectivity index (χ1v) is 8.33. The van der Waals surface area contributed by atoms with Crippen LogP contribution in [0.3, 0.4) is 0 Å². The Morgan fingerprint density at radius 3 is 2.59 bits per heavy atom. The van der Waals surface area contributed by atoms with Gasteiger partial charge in [-0.1, -0.05) is 60.0 Å². The third-order valence-corrected chi connectivity index (χ3v) is 3.98. The van der Waals surface area contributed by atoms with Gasteiger partial charge in [-0.2, -0.15) is 5.26 Å². The molecule has 0 unspecified atom stereocenters. The van der Waals surface area contributed by atoms with Crippen molar-refractivity contribution < 1.29 is 0 Å². The molecule has 1 rings (SSSR count). The summed E-state index contributed by atoms with van der Waals surface area (Å²) in [5, 5.41) is 8.61. The summed E-state index contributed by atoms with van der Waals surface area (Å²) in [7, 11) is 0. The molecule has 1 aromatic rings. The lowest BCUT2D eigenvalue weighted by Gasteiger charge is -2.25. The Kier molecular flexibility index (Phi) is 7.24. The van der Waals surface area contributed by atoms with Gasteiger partial charge in [0, 0.05) is 29.3 Å². The zero-order valence-electron chi connectivity index (χ0n) is 14.7. The van der Waals surface area contributed by atoms with Crippen molar-refractivity contribution in [2.45, 2.75) is 78.1 Å². The van der Waals surface area contributed by atoms with E-state index in [2.05, 4.69) is 45.7 Å². The van der Waals surface area contributed by atoms with Crippen molar-refractivity contribution in [2.24, 2.45) is 0 Å². The second-order valence-corrected chi connectivity index (χ2v) is 6.83. The van der Waals surface area contributed by atoms with Gasteiger partial charge in [0.1, 0.15) is 5.82 Å². The number of hydrogen-bond acceptors (Lipinski definition) is 3. The van der Waals surface area contributed by atoms with Crippen LogP contribution in [0.5, 0.6) is 0 Å². The molecule has 0 radical (unpaired) electrons. The molecule has 3 heteroatoms. The van der Waals surface area contributed by atoms with Gasteiger partial charge in [-0.3, -0.25) is 0 Å². The molecule has 0 spiro atoms. The number of nitriles is 1. The van der Waals surface area contributed by atoms with Crippen LogP contribution in [0.1, 0.15) is 83.4 Å². The number of unbranched alkanes of at least 4 members (excludes halogenated alkanes) is 2. The minimum Gasteiger partial charge on any atom is -0.237 e.